The fraction of sp³-hybridized carbons (Fsp3) is 0.778. The highest BCUT2D eigenvalue weighted by atomic mass is 16.3. The minimum absolute atomic E-state index is 0.00926. The molecule has 3 heteroatoms. The van der Waals surface area contributed by atoms with E-state index < -0.39 is 11.2 Å². The highest BCUT2D eigenvalue weighted by Gasteiger charge is 2.17. The topological polar surface area (TPSA) is 60.7 Å². The molecule has 0 amide bonds. The quantitative estimate of drug-likeness (QED) is 0.566. The van der Waals surface area contributed by atoms with E-state index in [0.717, 1.165) is 0 Å². The number of rotatable bonds is 3. The molecule has 0 aromatic carbocycles. The Morgan fingerprint density at radius 2 is 1.58 bits per heavy atom. The van der Waals surface area contributed by atoms with Crippen LogP contribution < -0.4 is 0 Å². The maximum Gasteiger partial charge on any atom is 0.0939 e. The van der Waals surface area contributed by atoms with Gasteiger partial charge in [-0.05, 0) is 33.8 Å². The zero-order chi connectivity index (χ0) is 9.99. The van der Waals surface area contributed by atoms with Crippen molar-refractivity contribution < 1.29 is 15.3 Å². The van der Waals surface area contributed by atoms with Gasteiger partial charge in [0.2, 0.25) is 0 Å². The van der Waals surface area contributed by atoms with E-state index in [-0.39, 0.29) is 12.2 Å². The van der Waals surface area contributed by atoms with Gasteiger partial charge in [0.25, 0.3) is 0 Å². The molecular formula is C9H18O3. The van der Waals surface area contributed by atoms with Gasteiger partial charge >= 0.3 is 0 Å². The van der Waals surface area contributed by atoms with Crippen LogP contribution in [-0.2, 0) is 0 Å². The Kier molecular flexibility index (Phi) is 3.30. The SMILES string of the molecule is CC(C)(O)/C=C(\O)CC(C)(C)O. The molecule has 0 heterocycles. The second-order valence-electron chi connectivity index (χ2n) is 4.28. The summed E-state index contributed by atoms with van der Waals surface area (Å²) >= 11 is 0. The normalized spacial score (nSPS) is 15.0. The van der Waals surface area contributed by atoms with Crippen LogP contribution in [0.1, 0.15) is 34.1 Å². The smallest absolute Gasteiger partial charge is 0.0939 e. The molecule has 0 saturated carbocycles. The average Bonchev–Trinajstić information content (AvgIpc) is 1.49. The maximum atomic E-state index is 9.30. The Morgan fingerprint density at radius 3 is 1.83 bits per heavy atom. The van der Waals surface area contributed by atoms with Crippen LogP contribution in [0.15, 0.2) is 11.8 Å². The Balaban J connectivity index is 4.23. The van der Waals surface area contributed by atoms with Gasteiger partial charge in [-0.15, -0.1) is 0 Å². The van der Waals surface area contributed by atoms with Crippen LogP contribution in [0.3, 0.4) is 0 Å². The van der Waals surface area contributed by atoms with Gasteiger partial charge in [-0.2, -0.15) is 0 Å². The minimum Gasteiger partial charge on any atom is -0.512 e. The summed E-state index contributed by atoms with van der Waals surface area (Å²) in [5.74, 6) is 0.00926. The first kappa shape index (κ1) is 11.5. The molecule has 72 valence electrons. The van der Waals surface area contributed by atoms with Gasteiger partial charge in [-0.25, -0.2) is 0 Å². The lowest BCUT2D eigenvalue weighted by Gasteiger charge is -2.18. The fourth-order valence-corrected chi connectivity index (χ4v) is 0.902. The van der Waals surface area contributed by atoms with Crippen molar-refractivity contribution in [1.82, 2.24) is 0 Å². The van der Waals surface area contributed by atoms with Crippen molar-refractivity contribution in [1.29, 1.82) is 0 Å². The molecule has 0 rings (SSSR count). The third-order valence-electron chi connectivity index (χ3n) is 1.13. The summed E-state index contributed by atoms with van der Waals surface area (Å²) in [6, 6.07) is 0. The lowest BCUT2D eigenvalue weighted by atomic mass is 10.0. The van der Waals surface area contributed by atoms with E-state index in [2.05, 4.69) is 0 Å². The molecule has 0 atom stereocenters. The minimum atomic E-state index is -1.03. The Labute approximate surface area is 73.4 Å². The molecule has 3 N–H and O–H groups in total. The molecule has 0 fully saturated rings. The standard InChI is InChI=1S/C9H18O3/c1-8(2,11)5-7(10)6-9(3,4)12/h5,10-12H,6H2,1-4H3/b7-5-. The highest BCUT2D eigenvalue weighted by molar-refractivity contribution is 5.03. The number of aliphatic hydroxyl groups excluding tert-OH is 1. The summed E-state index contributed by atoms with van der Waals surface area (Å²) in [6.45, 7) is 6.32. The molecule has 0 aromatic heterocycles. The zero-order valence-corrected chi connectivity index (χ0v) is 8.13. The van der Waals surface area contributed by atoms with E-state index in [1.807, 2.05) is 0 Å². The van der Waals surface area contributed by atoms with Gasteiger partial charge in [-0.3, -0.25) is 0 Å². The highest BCUT2D eigenvalue weighted by Crippen LogP contribution is 2.16. The second kappa shape index (κ2) is 3.46. The van der Waals surface area contributed by atoms with E-state index >= 15 is 0 Å². The van der Waals surface area contributed by atoms with Crippen molar-refractivity contribution in [2.24, 2.45) is 0 Å². The van der Waals surface area contributed by atoms with Gasteiger partial charge in [0.15, 0.2) is 0 Å². The van der Waals surface area contributed by atoms with E-state index in [1.165, 1.54) is 6.08 Å². The van der Waals surface area contributed by atoms with Gasteiger partial charge in [0.05, 0.1) is 17.0 Å². The van der Waals surface area contributed by atoms with Crippen molar-refractivity contribution >= 4 is 0 Å². The van der Waals surface area contributed by atoms with Crippen molar-refractivity contribution in [3.05, 3.63) is 11.8 Å². The molecule has 0 unspecified atom stereocenters. The van der Waals surface area contributed by atoms with E-state index in [4.69, 9.17) is 0 Å². The Morgan fingerprint density at radius 1 is 1.17 bits per heavy atom. The largest absolute Gasteiger partial charge is 0.512 e. The third-order valence-corrected chi connectivity index (χ3v) is 1.13. The van der Waals surface area contributed by atoms with Crippen molar-refractivity contribution in [3.63, 3.8) is 0 Å². The molecule has 0 aromatic rings. The molecule has 12 heavy (non-hydrogen) atoms. The first-order valence-corrected chi connectivity index (χ1v) is 3.96. The van der Waals surface area contributed by atoms with Crippen LogP contribution in [0.5, 0.6) is 0 Å². The molecule has 0 spiro atoms. The summed E-state index contributed by atoms with van der Waals surface area (Å²) in [4.78, 5) is 0. The number of hydrogen-bond acceptors (Lipinski definition) is 3. The van der Waals surface area contributed by atoms with Crippen LogP contribution in [0.4, 0.5) is 0 Å². The monoisotopic (exact) mass is 174 g/mol. The molecule has 0 saturated heterocycles. The predicted molar refractivity (Wildman–Crippen MR) is 47.9 cm³/mol. The third kappa shape index (κ3) is 7.57. The van der Waals surface area contributed by atoms with E-state index in [1.54, 1.807) is 27.7 Å². The van der Waals surface area contributed by atoms with Gasteiger partial charge < -0.3 is 15.3 Å². The maximum absolute atomic E-state index is 9.30. The molecule has 0 bridgehead atoms. The second-order valence-corrected chi connectivity index (χ2v) is 4.28. The molecule has 0 aliphatic carbocycles. The summed E-state index contributed by atoms with van der Waals surface area (Å²) in [5.41, 5.74) is -1.97. The summed E-state index contributed by atoms with van der Waals surface area (Å²) in [5, 5.41) is 27.8. The first-order valence-electron chi connectivity index (χ1n) is 3.96. The van der Waals surface area contributed by atoms with Crippen LogP contribution in [0.2, 0.25) is 0 Å². The first-order chi connectivity index (χ1) is 5.10. The van der Waals surface area contributed by atoms with E-state index in [0.29, 0.717) is 0 Å². The van der Waals surface area contributed by atoms with Gasteiger partial charge in [0.1, 0.15) is 0 Å². The Bertz CT molecular complexity index is 169. The lowest BCUT2D eigenvalue weighted by molar-refractivity contribution is 0.0662. The van der Waals surface area contributed by atoms with Crippen LogP contribution in [0.25, 0.3) is 0 Å². The van der Waals surface area contributed by atoms with Crippen LogP contribution >= 0.6 is 0 Å². The average molecular weight is 174 g/mol. The summed E-state index contributed by atoms with van der Waals surface area (Å²) < 4.78 is 0. The Hall–Kier alpha value is -0.540. The van der Waals surface area contributed by atoms with Crippen LogP contribution in [0, 0.1) is 0 Å². The number of hydrogen-bond donors (Lipinski definition) is 3. The molecule has 0 aliphatic rings. The zero-order valence-electron chi connectivity index (χ0n) is 8.13. The van der Waals surface area contributed by atoms with Crippen molar-refractivity contribution in [3.8, 4) is 0 Å². The van der Waals surface area contributed by atoms with Gasteiger partial charge in [0, 0.05) is 6.42 Å². The van der Waals surface area contributed by atoms with Crippen molar-refractivity contribution in [2.75, 3.05) is 0 Å². The molecular weight excluding hydrogens is 156 g/mol. The van der Waals surface area contributed by atoms with Crippen molar-refractivity contribution in [2.45, 2.75) is 45.3 Å². The number of aliphatic hydroxyl groups is 3. The van der Waals surface area contributed by atoms with E-state index in [9.17, 15) is 15.3 Å². The summed E-state index contributed by atoms with van der Waals surface area (Å²) in [6.07, 6.45) is 1.47. The molecule has 0 radical (unpaired) electrons. The molecule has 0 aliphatic heterocycles. The lowest BCUT2D eigenvalue weighted by Crippen LogP contribution is -2.21. The van der Waals surface area contributed by atoms with Gasteiger partial charge in [-0.1, -0.05) is 0 Å². The predicted octanol–water partition coefficient (Wildman–Crippen LogP) is 1.36. The summed E-state index contributed by atoms with van der Waals surface area (Å²) in [7, 11) is 0. The van der Waals surface area contributed by atoms with Crippen LogP contribution in [-0.4, -0.2) is 26.5 Å². The fourth-order valence-electron chi connectivity index (χ4n) is 0.902. The molecule has 3 nitrogen and oxygen atoms in total.